The van der Waals surface area contributed by atoms with Gasteiger partial charge in [-0.15, -0.1) is 0 Å². The number of amides is 1. The summed E-state index contributed by atoms with van der Waals surface area (Å²) in [6.07, 6.45) is -0.480. The van der Waals surface area contributed by atoms with E-state index in [0.717, 1.165) is 4.90 Å². The molecule has 1 aliphatic heterocycles. The standard InChI is InChI=1S/C7H9NO5/c1-13-4-2-5(6(9)10)8(3-4)7(11)12/h2,4H,3H2,1H3,(H,9,10)(H,11,12)/t4-/m1/s1. The van der Waals surface area contributed by atoms with Crippen molar-refractivity contribution in [2.24, 2.45) is 0 Å². The van der Waals surface area contributed by atoms with Crippen LogP contribution in [0.2, 0.25) is 0 Å². The van der Waals surface area contributed by atoms with E-state index in [-0.39, 0.29) is 12.2 Å². The van der Waals surface area contributed by atoms with Crippen molar-refractivity contribution in [1.29, 1.82) is 0 Å². The van der Waals surface area contributed by atoms with Gasteiger partial charge in [0.25, 0.3) is 0 Å². The van der Waals surface area contributed by atoms with Crippen molar-refractivity contribution < 1.29 is 24.5 Å². The lowest BCUT2D eigenvalue weighted by atomic mass is 10.3. The molecule has 1 aliphatic rings. The van der Waals surface area contributed by atoms with Gasteiger partial charge in [0.05, 0.1) is 12.6 Å². The highest BCUT2D eigenvalue weighted by Crippen LogP contribution is 2.17. The zero-order chi connectivity index (χ0) is 10.0. The number of nitrogens with zero attached hydrogens (tertiary/aromatic N) is 1. The zero-order valence-electron chi connectivity index (χ0n) is 6.93. The molecule has 6 heteroatoms. The summed E-state index contributed by atoms with van der Waals surface area (Å²) >= 11 is 0. The highest BCUT2D eigenvalue weighted by Gasteiger charge is 2.31. The highest BCUT2D eigenvalue weighted by molar-refractivity contribution is 5.91. The second-order valence-corrected chi connectivity index (χ2v) is 2.52. The summed E-state index contributed by atoms with van der Waals surface area (Å²) in [7, 11) is 1.39. The van der Waals surface area contributed by atoms with Gasteiger partial charge in [0.2, 0.25) is 0 Å². The molecule has 2 N–H and O–H groups in total. The molecular formula is C7H9NO5. The van der Waals surface area contributed by atoms with E-state index in [1.54, 1.807) is 0 Å². The van der Waals surface area contributed by atoms with E-state index < -0.39 is 18.2 Å². The third-order valence-corrected chi connectivity index (χ3v) is 1.75. The Morgan fingerprint density at radius 3 is 2.54 bits per heavy atom. The van der Waals surface area contributed by atoms with Crippen molar-refractivity contribution in [3.05, 3.63) is 11.8 Å². The smallest absolute Gasteiger partial charge is 0.412 e. The van der Waals surface area contributed by atoms with Crippen molar-refractivity contribution in [2.45, 2.75) is 6.10 Å². The monoisotopic (exact) mass is 187 g/mol. The molecule has 0 aromatic rings. The van der Waals surface area contributed by atoms with E-state index in [0.29, 0.717) is 0 Å². The normalized spacial score (nSPS) is 21.5. The van der Waals surface area contributed by atoms with Gasteiger partial charge < -0.3 is 14.9 Å². The van der Waals surface area contributed by atoms with Crippen LogP contribution in [0.25, 0.3) is 0 Å². The van der Waals surface area contributed by atoms with Crippen LogP contribution in [0.4, 0.5) is 4.79 Å². The minimum absolute atomic E-state index is 0.0352. The van der Waals surface area contributed by atoms with Crippen molar-refractivity contribution >= 4 is 12.1 Å². The quantitative estimate of drug-likeness (QED) is 0.633. The molecule has 0 saturated carbocycles. The van der Waals surface area contributed by atoms with Gasteiger partial charge in [-0.3, -0.25) is 4.90 Å². The van der Waals surface area contributed by atoms with Gasteiger partial charge in [-0.1, -0.05) is 0 Å². The Labute approximate surface area is 74.0 Å². The first-order valence-electron chi connectivity index (χ1n) is 3.54. The minimum atomic E-state index is -1.28. The minimum Gasteiger partial charge on any atom is -0.477 e. The Kier molecular flexibility index (Phi) is 2.52. The van der Waals surface area contributed by atoms with Crippen LogP contribution in [0.15, 0.2) is 11.8 Å². The van der Waals surface area contributed by atoms with Gasteiger partial charge in [0.1, 0.15) is 5.70 Å². The van der Waals surface area contributed by atoms with Crippen LogP contribution in [0.5, 0.6) is 0 Å². The number of rotatable bonds is 2. The molecule has 0 saturated heterocycles. The van der Waals surface area contributed by atoms with E-state index in [1.807, 2.05) is 0 Å². The molecule has 6 nitrogen and oxygen atoms in total. The Bertz CT molecular complexity index is 272. The van der Waals surface area contributed by atoms with Crippen LogP contribution in [0.3, 0.4) is 0 Å². The first kappa shape index (κ1) is 9.53. The van der Waals surface area contributed by atoms with Crippen LogP contribution in [0.1, 0.15) is 0 Å². The van der Waals surface area contributed by atoms with Crippen molar-refractivity contribution in [2.75, 3.05) is 13.7 Å². The van der Waals surface area contributed by atoms with E-state index >= 15 is 0 Å². The van der Waals surface area contributed by atoms with Gasteiger partial charge in [-0.05, 0) is 6.08 Å². The van der Waals surface area contributed by atoms with E-state index in [1.165, 1.54) is 13.2 Å². The fourth-order valence-corrected chi connectivity index (χ4v) is 1.11. The first-order chi connectivity index (χ1) is 6.06. The molecule has 0 bridgehead atoms. The average molecular weight is 187 g/mol. The fraction of sp³-hybridized carbons (Fsp3) is 0.429. The number of methoxy groups -OCH3 is 1. The Morgan fingerprint density at radius 2 is 2.23 bits per heavy atom. The molecule has 1 atom stereocenters. The topological polar surface area (TPSA) is 87.1 Å². The van der Waals surface area contributed by atoms with Crippen LogP contribution < -0.4 is 0 Å². The molecule has 0 aliphatic carbocycles. The summed E-state index contributed by atoms with van der Waals surface area (Å²) in [5.41, 5.74) is -0.251. The summed E-state index contributed by atoms with van der Waals surface area (Å²) in [6, 6.07) is 0. The van der Waals surface area contributed by atoms with Crippen LogP contribution >= 0.6 is 0 Å². The number of carboxylic acid groups (broad SMARTS) is 2. The average Bonchev–Trinajstić information content (AvgIpc) is 2.47. The largest absolute Gasteiger partial charge is 0.477 e. The lowest BCUT2D eigenvalue weighted by Crippen LogP contribution is -2.32. The maximum absolute atomic E-state index is 10.5. The van der Waals surface area contributed by atoms with E-state index in [2.05, 4.69) is 0 Å². The zero-order valence-corrected chi connectivity index (χ0v) is 6.93. The lowest BCUT2D eigenvalue weighted by molar-refractivity contribution is -0.134. The molecule has 13 heavy (non-hydrogen) atoms. The molecule has 0 radical (unpaired) electrons. The molecule has 0 fully saturated rings. The molecule has 0 spiro atoms. The third-order valence-electron chi connectivity index (χ3n) is 1.75. The Balaban J connectivity index is 2.85. The van der Waals surface area contributed by atoms with Gasteiger partial charge in [-0.2, -0.15) is 0 Å². The third kappa shape index (κ3) is 1.78. The van der Waals surface area contributed by atoms with Gasteiger partial charge >= 0.3 is 12.1 Å². The maximum atomic E-state index is 10.5. The second-order valence-electron chi connectivity index (χ2n) is 2.52. The maximum Gasteiger partial charge on any atom is 0.412 e. The number of ether oxygens (including phenoxy) is 1. The van der Waals surface area contributed by atoms with Crippen LogP contribution in [0, 0.1) is 0 Å². The first-order valence-corrected chi connectivity index (χ1v) is 3.54. The van der Waals surface area contributed by atoms with Crippen molar-refractivity contribution in [3.63, 3.8) is 0 Å². The molecule has 0 aromatic heterocycles. The fourth-order valence-electron chi connectivity index (χ4n) is 1.11. The van der Waals surface area contributed by atoms with Gasteiger partial charge in [-0.25, -0.2) is 9.59 Å². The second kappa shape index (κ2) is 3.44. The highest BCUT2D eigenvalue weighted by atomic mass is 16.5. The van der Waals surface area contributed by atoms with E-state index in [9.17, 15) is 9.59 Å². The molecular weight excluding hydrogens is 178 g/mol. The number of hydrogen-bond donors (Lipinski definition) is 2. The molecule has 0 aromatic carbocycles. The number of carboxylic acids is 1. The summed E-state index contributed by atoms with van der Waals surface area (Å²) in [5.74, 6) is -1.26. The number of carbonyl (C=O) groups is 2. The number of hydrogen-bond acceptors (Lipinski definition) is 3. The van der Waals surface area contributed by atoms with Crippen molar-refractivity contribution in [1.82, 2.24) is 4.90 Å². The SMILES string of the molecule is CO[C@@H]1C=C(C(=O)O)N(C(=O)O)C1. The number of aliphatic carboxylic acids is 1. The summed E-state index contributed by atoms with van der Waals surface area (Å²) in [6.45, 7) is 0.0352. The van der Waals surface area contributed by atoms with Gasteiger partial charge in [0.15, 0.2) is 0 Å². The molecule has 1 amide bonds. The molecule has 0 unspecified atom stereocenters. The summed E-state index contributed by atoms with van der Waals surface area (Å²) < 4.78 is 4.83. The molecule has 1 heterocycles. The molecule has 1 rings (SSSR count). The van der Waals surface area contributed by atoms with E-state index in [4.69, 9.17) is 14.9 Å². The van der Waals surface area contributed by atoms with Crippen molar-refractivity contribution in [3.8, 4) is 0 Å². The predicted molar refractivity (Wildman–Crippen MR) is 41.2 cm³/mol. The van der Waals surface area contributed by atoms with Crippen LogP contribution in [-0.4, -0.2) is 46.9 Å². The summed E-state index contributed by atoms with van der Waals surface area (Å²) in [4.78, 5) is 21.8. The molecule has 72 valence electrons. The van der Waals surface area contributed by atoms with Crippen LogP contribution in [-0.2, 0) is 9.53 Å². The Morgan fingerprint density at radius 1 is 1.62 bits per heavy atom. The predicted octanol–water partition coefficient (Wildman–Crippen LogP) is -0.0365. The van der Waals surface area contributed by atoms with Gasteiger partial charge in [0, 0.05) is 7.11 Å². The lowest BCUT2D eigenvalue weighted by Gasteiger charge is -2.13. The Hall–Kier alpha value is -1.56. The summed E-state index contributed by atoms with van der Waals surface area (Å²) in [5, 5.41) is 17.2.